The second-order valence-corrected chi connectivity index (χ2v) is 2.12. The molecule has 0 spiro atoms. The second-order valence-electron chi connectivity index (χ2n) is 1.68. The van der Waals surface area contributed by atoms with Crippen molar-refractivity contribution in [2.75, 3.05) is 0 Å². The molecule has 0 atom stereocenters. The van der Waals surface area contributed by atoms with E-state index >= 15 is 0 Å². The van der Waals surface area contributed by atoms with E-state index in [0.29, 0.717) is 10.6 Å². The van der Waals surface area contributed by atoms with Crippen molar-refractivity contribution in [1.82, 2.24) is 0 Å². The Morgan fingerprint density at radius 2 is 2.00 bits per heavy atom. The van der Waals surface area contributed by atoms with Gasteiger partial charge in [0.15, 0.2) is 0 Å². The zero-order chi connectivity index (χ0) is 7.40. The van der Waals surface area contributed by atoms with E-state index in [2.05, 4.69) is 4.99 Å². The maximum Gasteiger partial charge on any atom is 2.00 e. The van der Waals surface area contributed by atoms with Gasteiger partial charge in [0.1, 0.15) is 0 Å². The fourth-order valence-corrected chi connectivity index (χ4v) is 0.796. The molecule has 1 aromatic carbocycles. The summed E-state index contributed by atoms with van der Waals surface area (Å²) in [7, 11) is 0. The summed E-state index contributed by atoms with van der Waals surface area (Å²) in [5.41, 5.74) is 0.569. The van der Waals surface area contributed by atoms with Crippen molar-refractivity contribution < 1.29 is 27.7 Å². The quantitative estimate of drug-likeness (QED) is 0.434. The largest absolute Gasteiger partial charge is 2.00 e. The van der Waals surface area contributed by atoms with Gasteiger partial charge in [-0.15, -0.1) is 0 Å². The average Bonchev–Trinajstić information content (AvgIpc) is 1.94. The average molecular weight is 349 g/mol. The van der Waals surface area contributed by atoms with E-state index in [-0.39, 0.29) is 27.7 Å². The fourth-order valence-electron chi connectivity index (χ4n) is 0.603. The van der Waals surface area contributed by atoms with E-state index in [1.165, 1.54) is 0 Å². The first-order chi connectivity index (χ1) is 4.84. The van der Waals surface area contributed by atoms with Crippen LogP contribution < -0.4 is 0 Å². The number of aliphatic imine (C=N–C) groups is 1. The van der Waals surface area contributed by atoms with Crippen LogP contribution in [0.5, 0.6) is 0 Å². The molecule has 0 saturated heterocycles. The molecule has 0 amide bonds. The minimum atomic E-state index is 0. The first kappa shape index (κ1) is 10.8. The number of hydrogen-bond acceptors (Lipinski definition) is 2. The summed E-state index contributed by atoms with van der Waals surface area (Å²) in [6.45, 7) is 0. The van der Waals surface area contributed by atoms with Crippen molar-refractivity contribution in [2.24, 2.45) is 4.99 Å². The first-order valence-corrected chi connectivity index (χ1v) is 3.11. The third-order valence-electron chi connectivity index (χ3n) is 1.04. The number of rotatable bonds is 1. The molecule has 0 fully saturated rings. The van der Waals surface area contributed by atoms with E-state index < -0.39 is 0 Å². The van der Waals surface area contributed by atoms with Crippen LogP contribution in [0, 0.1) is 0 Å². The van der Waals surface area contributed by atoms with Crippen molar-refractivity contribution >= 4 is 24.3 Å². The minimum absolute atomic E-state index is 0. The molecule has 0 aromatic heterocycles. The molecule has 0 bridgehead atoms. The molecule has 0 aliphatic heterocycles. The molecule has 50 valence electrons. The monoisotopic (exact) mass is 350 g/mol. The van der Waals surface area contributed by atoms with Gasteiger partial charge in [0.25, 0.3) is 0 Å². The molecule has 0 unspecified atom stereocenters. The minimum Gasteiger partial charge on any atom is -0.779 e. The van der Waals surface area contributed by atoms with E-state index in [4.69, 9.17) is 18.0 Å². The van der Waals surface area contributed by atoms with Crippen LogP contribution in [0.3, 0.4) is 0 Å². The Balaban J connectivity index is 0.000001000. The predicted molar refractivity (Wildman–Crippen MR) is 42.5 cm³/mol. The van der Waals surface area contributed by atoms with Gasteiger partial charge in [0, 0.05) is 0 Å². The zero-order valence-electron chi connectivity index (χ0n) is 5.82. The normalized spacial score (nSPS) is 7.64. The fraction of sp³-hybridized carbons (Fsp3) is 0. The van der Waals surface area contributed by atoms with Gasteiger partial charge in [-0.1, -0.05) is 30.0 Å². The third kappa shape index (κ3) is 3.10. The maximum atomic E-state index is 8.18. The molecular weight excluding hydrogens is 345 g/mol. The van der Waals surface area contributed by atoms with Gasteiger partial charge in [-0.25, -0.2) is 0 Å². The Hall–Kier alpha value is -0.245. The third-order valence-corrected chi connectivity index (χ3v) is 1.38. The molecule has 1 aromatic rings. The Bertz CT molecular complexity index is 282. The van der Waals surface area contributed by atoms with Gasteiger partial charge < -0.3 is 23.0 Å². The van der Waals surface area contributed by atoms with Crippen LogP contribution in [0.2, 0.25) is 0 Å². The van der Waals surface area contributed by atoms with E-state index in [9.17, 15) is 0 Å². The van der Waals surface area contributed by atoms with Gasteiger partial charge in [0.05, 0.1) is 0 Å². The van der Waals surface area contributed by atoms with Crippen LogP contribution in [0.15, 0.2) is 34.2 Å². The molecule has 4 heteroatoms. The Morgan fingerprint density at radius 3 is 2.55 bits per heavy atom. The van der Waals surface area contributed by atoms with E-state index in [1.54, 1.807) is 24.2 Å². The van der Waals surface area contributed by atoms with Gasteiger partial charge in [-0.2, -0.15) is 10.9 Å². The molecule has 2 nitrogen and oxygen atoms in total. The van der Waals surface area contributed by atoms with Crippen molar-refractivity contribution in [3.8, 4) is 0 Å². The molecule has 0 heterocycles. The van der Waals surface area contributed by atoms with Crippen molar-refractivity contribution in [1.29, 1.82) is 0 Å². The number of benzene rings is 1. The number of nitrogens with zero attached hydrogens (tertiary/aromatic N) is 2. The topological polar surface area (TPSA) is 34.7 Å². The van der Waals surface area contributed by atoms with Crippen molar-refractivity contribution in [3.63, 3.8) is 0 Å². The molecule has 0 aliphatic rings. The molecule has 0 aliphatic carbocycles. The summed E-state index contributed by atoms with van der Waals surface area (Å²) in [4.78, 5) is 4.12. The van der Waals surface area contributed by atoms with Crippen LogP contribution in [0.25, 0.3) is 5.41 Å². The van der Waals surface area contributed by atoms with Crippen molar-refractivity contribution in [3.05, 3.63) is 29.7 Å². The summed E-state index contributed by atoms with van der Waals surface area (Å²) in [5, 5.41) is 8.18. The Morgan fingerprint density at radius 1 is 1.36 bits per heavy atom. The van der Waals surface area contributed by atoms with Crippen LogP contribution in [0.1, 0.15) is 0 Å². The Labute approximate surface area is 91.2 Å². The number of hydrogen-bond donors (Lipinski definition) is 0. The zero-order valence-corrected chi connectivity index (χ0v) is 12.1. The standard InChI is InChI=1S/C7H5N2S.Hg/c8-5-9-6-3-1-2-4-7(6)10;/h1-4,10H;/q-1;+2/p-1. The molecule has 0 radical (unpaired) electrons. The van der Waals surface area contributed by atoms with Gasteiger partial charge in [-0.3, -0.25) is 0 Å². The molecular formula is C7H4HgN2S. The molecule has 1 rings (SSSR count). The van der Waals surface area contributed by atoms with Crippen LogP contribution in [0.4, 0.5) is 5.69 Å². The predicted octanol–water partition coefficient (Wildman–Crippen LogP) is 1.96. The van der Waals surface area contributed by atoms with Crippen molar-refractivity contribution in [2.45, 2.75) is 4.90 Å². The summed E-state index contributed by atoms with van der Waals surface area (Å²) >= 11 is 4.87. The SMILES string of the molecule is [Hg+2].[N-]=C=Nc1ccccc1[S-]. The summed E-state index contributed by atoms with van der Waals surface area (Å²) < 4.78 is 0. The molecule has 0 N–H and O–H groups in total. The Kier molecular flexibility index (Phi) is 5.29. The van der Waals surface area contributed by atoms with E-state index in [1.807, 2.05) is 6.07 Å². The summed E-state index contributed by atoms with van der Waals surface area (Å²) in [5.74, 6) is 0. The van der Waals surface area contributed by atoms with E-state index in [0.717, 1.165) is 0 Å². The maximum absolute atomic E-state index is 8.18. The molecule has 11 heavy (non-hydrogen) atoms. The number of para-hydroxylation sites is 1. The first-order valence-electron chi connectivity index (χ1n) is 2.70. The summed E-state index contributed by atoms with van der Waals surface area (Å²) in [6.07, 6.45) is 0. The van der Waals surface area contributed by atoms with Crippen LogP contribution in [-0.4, -0.2) is 6.01 Å². The van der Waals surface area contributed by atoms with Gasteiger partial charge >= 0.3 is 27.7 Å². The summed E-state index contributed by atoms with van der Waals surface area (Å²) in [6, 6.07) is 8.75. The van der Waals surface area contributed by atoms with Crippen LogP contribution in [-0.2, 0) is 40.3 Å². The molecule has 0 saturated carbocycles. The second kappa shape index (κ2) is 5.41. The van der Waals surface area contributed by atoms with Crippen LogP contribution >= 0.6 is 0 Å². The smallest absolute Gasteiger partial charge is 0.779 e. The van der Waals surface area contributed by atoms with Gasteiger partial charge in [0.2, 0.25) is 0 Å². The van der Waals surface area contributed by atoms with Gasteiger partial charge in [-0.05, 0) is 0 Å².